The van der Waals surface area contributed by atoms with Gasteiger partial charge in [0, 0.05) is 25.3 Å². The molecule has 0 saturated carbocycles. The molecule has 3 rings (SSSR count). The van der Waals surface area contributed by atoms with Crippen molar-refractivity contribution in [2.45, 2.75) is 26.5 Å². The third-order valence-corrected chi connectivity index (χ3v) is 4.36. The first kappa shape index (κ1) is 17.5. The summed E-state index contributed by atoms with van der Waals surface area (Å²) in [5.74, 6) is 0.798. The smallest absolute Gasteiger partial charge is 0.119 e. The number of nitrogens with zero attached hydrogens (tertiary/aromatic N) is 4. The lowest BCUT2D eigenvalue weighted by Gasteiger charge is -2.32. The Balaban J connectivity index is 1.45. The number of aryl methyl sites for hydroxylation is 2. The molecule has 2 heterocycles. The van der Waals surface area contributed by atoms with E-state index in [1.165, 1.54) is 5.69 Å². The summed E-state index contributed by atoms with van der Waals surface area (Å²) in [5, 5.41) is 13.3. The minimum Gasteiger partial charge on any atom is -0.492 e. The molecule has 1 aliphatic rings. The first-order chi connectivity index (χ1) is 12.1. The Morgan fingerprint density at radius 3 is 2.80 bits per heavy atom. The average Bonchev–Trinajstić information content (AvgIpc) is 2.93. The van der Waals surface area contributed by atoms with Crippen LogP contribution in [0.25, 0.3) is 0 Å². The van der Waals surface area contributed by atoms with E-state index in [1.54, 1.807) is 12.1 Å². The van der Waals surface area contributed by atoms with Crippen LogP contribution in [0, 0.1) is 25.2 Å². The molecule has 0 radical (unpaired) electrons. The van der Waals surface area contributed by atoms with E-state index in [0.717, 1.165) is 44.2 Å². The van der Waals surface area contributed by atoms with Gasteiger partial charge in [-0.2, -0.15) is 10.4 Å². The summed E-state index contributed by atoms with van der Waals surface area (Å²) in [6, 6.07) is 11.4. The average molecular weight is 340 g/mol. The van der Waals surface area contributed by atoms with Crippen LogP contribution < -0.4 is 4.74 Å². The van der Waals surface area contributed by atoms with Crippen molar-refractivity contribution in [1.82, 2.24) is 14.7 Å². The van der Waals surface area contributed by atoms with Crippen molar-refractivity contribution in [1.29, 1.82) is 5.26 Å². The van der Waals surface area contributed by atoms with Crippen LogP contribution in [0.1, 0.15) is 17.0 Å². The number of ether oxygens (including phenoxy) is 2. The molecule has 2 aromatic rings. The zero-order valence-corrected chi connectivity index (χ0v) is 14.8. The zero-order chi connectivity index (χ0) is 17.6. The fourth-order valence-corrected chi connectivity index (χ4v) is 3.06. The first-order valence-electron chi connectivity index (χ1n) is 8.62. The highest BCUT2D eigenvalue weighted by atomic mass is 16.5. The summed E-state index contributed by atoms with van der Waals surface area (Å²) < 4.78 is 13.7. The third kappa shape index (κ3) is 4.81. The Morgan fingerprint density at radius 2 is 2.12 bits per heavy atom. The van der Waals surface area contributed by atoms with Gasteiger partial charge in [-0.25, -0.2) is 0 Å². The largest absolute Gasteiger partial charge is 0.492 e. The molecule has 0 aliphatic carbocycles. The van der Waals surface area contributed by atoms with Crippen LogP contribution >= 0.6 is 0 Å². The zero-order valence-electron chi connectivity index (χ0n) is 14.8. The third-order valence-electron chi connectivity index (χ3n) is 4.36. The Morgan fingerprint density at radius 1 is 1.32 bits per heavy atom. The van der Waals surface area contributed by atoms with Crippen LogP contribution in [0.4, 0.5) is 0 Å². The maximum absolute atomic E-state index is 8.81. The molecule has 0 amide bonds. The molecule has 1 aliphatic heterocycles. The van der Waals surface area contributed by atoms with Crippen LogP contribution in [-0.2, 0) is 11.3 Å². The van der Waals surface area contributed by atoms with Crippen molar-refractivity contribution in [2.24, 2.45) is 0 Å². The van der Waals surface area contributed by atoms with Crippen molar-refractivity contribution in [3.8, 4) is 11.8 Å². The second-order valence-electron chi connectivity index (χ2n) is 6.39. The summed E-state index contributed by atoms with van der Waals surface area (Å²) >= 11 is 0. The second-order valence-corrected chi connectivity index (χ2v) is 6.39. The fraction of sp³-hybridized carbons (Fsp3) is 0.474. The maximum atomic E-state index is 8.81. The first-order valence-corrected chi connectivity index (χ1v) is 8.62. The van der Waals surface area contributed by atoms with Crippen LogP contribution in [0.15, 0.2) is 30.3 Å². The van der Waals surface area contributed by atoms with Crippen molar-refractivity contribution in [2.75, 3.05) is 32.8 Å². The van der Waals surface area contributed by atoms with Crippen LogP contribution in [0.3, 0.4) is 0 Å². The number of hydrogen-bond donors (Lipinski definition) is 0. The monoisotopic (exact) mass is 340 g/mol. The fourth-order valence-electron chi connectivity index (χ4n) is 3.06. The number of rotatable bonds is 6. The second kappa shape index (κ2) is 8.15. The minimum atomic E-state index is 0.154. The number of nitriles is 1. The summed E-state index contributed by atoms with van der Waals surface area (Å²) in [6.45, 7) is 8.90. The lowest BCUT2D eigenvalue weighted by Crippen LogP contribution is -2.45. The van der Waals surface area contributed by atoms with Crippen molar-refractivity contribution >= 4 is 0 Å². The lowest BCUT2D eigenvalue weighted by molar-refractivity contribution is -0.0403. The van der Waals surface area contributed by atoms with Crippen LogP contribution in [0.5, 0.6) is 5.75 Å². The Bertz CT molecular complexity index is 733. The number of morpholine rings is 1. The van der Waals surface area contributed by atoms with Gasteiger partial charge in [0.15, 0.2) is 0 Å². The number of aromatic nitrogens is 2. The molecule has 25 heavy (non-hydrogen) atoms. The predicted octanol–water partition coefficient (Wildman–Crippen LogP) is 2.15. The molecular formula is C19H24N4O2. The number of hydrogen-bond acceptors (Lipinski definition) is 5. The van der Waals surface area contributed by atoms with Gasteiger partial charge in [-0.05, 0) is 44.2 Å². The summed E-state index contributed by atoms with van der Waals surface area (Å²) in [5.41, 5.74) is 2.86. The van der Waals surface area contributed by atoms with Gasteiger partial charge >= 0.3 is 0 Å². The van der Waals surface area contributed by atoms with Crippen LogP contribution in [-0.4, -0.2) is 53.6 Å². The SMILES string of the molecule is Cc1cc(C)n(C[C@@H]2CN(CCOc3ccc(C#N)cc3)CCO2)n1. The van der Waals surface area contributed by atoms with E-state index in [1.807, 2.05) is 23.7 Å². The normalized spacial score (nSPS) is 18.0. The van der Waals surface area contributed by atoms with Crippen molar-refractivity contribution in [3.05, 3.63) is 47.3 Å². The summed E-state index contributed by atoms with van der Waals surface area (Å²) in [7, 11) is 0. The van der Waals surface area contributed by atoms with E-state index in [2.05, 4.69) is 29.1 Å². The van der Waals surface area contributed by atoms with Crippen molar-refractivity contribution < 1.29 is 9.47 Å². The highest BCUT2D eigenvalue weighted by Crippen LogP contribution is 2.13. The van der Waals surface area contributed by atoms with Crippen LogP contribution in [0.2, 0.25) is 0 Å². The van der Waals surface area contributed by atoms with Gasteiger partial charge in [0.2, 0.25) is 0 Å². The molecule has 1 aromatic carbocycles. The highest BCUT2D eigenvalue weighted by molar-refractivity contribution is 5.34. The van der Waals surface area contributed by atoms with Gasteiger partial charge in [0.25, 0.3) is 0 Å². The van der Waals surface area contributed by atoms with E-state index in [0.29, 0.717) is 12.2 Å². The molecule has 1 atom stereocenters. The highest BCUT2D eigenvalue weighted by Gasteiger charge is 2.21. The lowest BCUT2D eigenvalue weighted by atomic mass is 10.2. The Kier molecular flexibility index (Phi) is 5.69. The minimum absolute atomic E-state index is 0.154. The van der Waals surface area contributed by atoms with Gasteiger partial charge in [-0.3, -0.25) is 9.58 Å². The van der Waals surface area contributed by atoms with E-state index < -0.39 is 0 Å². The number of benzene rings is 1. The van der Waals surface area contributed by atoms with Crippen molar-refractivity contribution in [3.63, 3.8) is 0 Å². The molecule has 0 N–H and O–H groups in total. The molecule has 1 fully saturated rings. The predicted molar refractivity (Wildman–Crippen MR) is 94.5 cm³/mol. The van der Waals surface area contributed by atoms with E-state index in [4.69, 9.17) is 14.7 Å². The van der Waals surface area contributed by atoms with Gasteiger partial charge in [-0.1, -0.05) is 0 Å². The molecule has 1 saturated heterocycles. The van der Waals surface area contributed by atoms with E-state index in [-0.39, 0.29) is 6.10 Å². The molecule has 1 aromatic heterocycles. The molecule has 0 bridgehead atoms. The topological polar surface area (TPSA) is 63.3 Å². The molecule has 6 heteroatoms. The summed E-state index contributed by atoms with van der Waals surface area (Å²) in [4.78, 5) is 2.36. The summed E-state index contributed by atoms with van der Waals surface area (Å²) in [6.07, 6.45) is 0.154. The standard InChI is InChI=1S/C19H24N4O2/c1-15-11-16(2)23(21-15)14-19-13-22(8-10-25-19)7-9-24-18-5-3-17(12-20)4-6-18/h3-6,11,19H,7-10,13-14H2,1-2H3/t19-/m0/s1. The van der Waals surface area contributed by atoms with Gasteiger partial charge < -0.3 is 9.47 Å². The Labute approximate surface area is 148 Å². The van der Waals surface area contributed by atoms with Gasteiger partial charge in [0.05, 0.1) is 36.6 Å². The van der Waals surface area contributed by atoms with Gasteiger partial charge in [0.1, 0.15) is 12.4 Å². The van der Waals surface area contributed by atoms with Gasteiger partial charge in [-0.15, -0.1) is 0 Å². The molecular weight excluding hydrogens is 316 g/mol. The molecule has 0 spiro atoms. The quantitative estimate of drug-likeness (QED) is 0.806. The van der Waals surface area contributed by atoms with E-state index in [9.17, 15) is 0 Å². The van der Waals surface area contributed by atoms with E-state index >= 15 is 0 Å². The Hall–Kier alpha value is -2.36. The molecule has 6 nitrogen and oxygen atoms in total. The maximum Gasteiger partial charge on any atom is 0.119 e. The molecule has 132 valence electrons. The molecule has 0 unspecified atom stereocenters.